The highest BCUT2D eigenvalue weighted by Gasteiger charge is 2.49. The lowest BCUT2D eigenvalue weighted by atomic mass is 9.47. The SMILES string of the molecule is CC(C)(C)c1ccc(N2B3c4sc5ccc(C(C)(C)C)cc5c4-n4c5cc6c(cc5c5c7oc8ccccc8c7c(c3c54)-c3cc4sc5cc7c(cc5c4cc32)C(C)(C)CCC7(C)C)C(C)(C)CCC6(C)C)cc1. The average Bonchev–Trinajstić information content (AvgIpc) is 4.11. The van der Waals surface area contributed by atoms with Crippen LogP contribution in [0.25, 0.3) is 90.8 Å². The van der Waals surface area contributed by atoms with Crippen LogP contribution >= 0.6 is 22.7 Å². The lowest BCUT2D eigenvalue weighted by Crippen LogP contribution is -2.59. The van der Waals surface area contributed by atoms with Crippen LogP contribution in [-0.4, -0.2) is 11.4 Å². The summed E-state index contributed by atoms with van der Waals surface area (Å²) < 4.78 is 15.7. The summed E-state index contributed by atoms with van der Waals surface area (Å²) in [5.74, 6) is 0. The van der Waals surface area contributed by atoms with E-state index < -0.39 is 0 Å². The first-order valence-corrected chi connectivity index (χ1v) is 29.1. The number of hydrogen-bond donors (Lipinski definition) is 0. The Kier molecular flexibility index (Phi) is 8.72. The van der Waals surface area contributed by atoms with E-state index in [0.717, 1.165) is 24.0 Å². The van der Waals surface area contributed by atoms with Gasteiger partial charge in [0.1, 0.15) is 11.2 Å². The first-order chi connectivity index (χ1) is 34.9. The second-order valence-electron chi connectivity index (χ2n) is 27.8. The van der Waals surface area contributed by atoms with Crippen LogP contribution in [-0.2, 0) is 32.5 Å². The van der Waals surface area contributed by atoms with Crippen LogP contribution in [0.2, 0.25) is 0 Å². The zero-order chi connectivity index (χ0) is 51.3. The quantitative estimate of drug-likeness (QED) is 0.153. The predicted octanol–water partition coefficient (Wildman–Crippen LogP) is 18.8. The van der Waals surface area contributed by atoms with Crippen LogP contribution in [0.15, 0.2) is 108 Å². The van der Waals surface area contributed by atoms with Gasteiger partial charge in [0.05, 0.1) is 22.1 Å². The third kappa shape index (κ3) is 5.91. The fraction of sp³-hybridized carbons (Fsp3) is 0.353. The number of furan rings is 1. The van der Waals surface area contributed by atoms with E-state index in [1.54, 1.807) is 0 Å². The Morgan fingerprint density at radius 3 is 1.77 bits per heavy atom. The molecule has 7 aromatic carbocycles. The van der Waals surface area contributed by atoms with Gasteiger partial charge >= 0.3 is 6.85 Å². The topological polar surface area (TPSA) is 21.3 Å². The molecule has 6 heteroatoms. The van der Waals surface area contributed by atoms with Gasteiger partial charge in [-0.15, -0.1) is 22.7 Å². The van der Waals surface area contributed by atoms with Gasteiger partial charge in [-0.2, -0.15) is 0 Å². The summed E-state index contributed by atoms with van der Waals surface area (Å²) in [6, 6.07) is 41.6. The third-order valence-corrected chi connectivity index (χ3v) is 21.5. The predicted molar refractivity (Wildman–Crippen MR) is 323 cm³/mol. The fourth-order valence-corrected chi connectivity index (χ4v) is 16.9. The Labute approximate surface area is 444 Å². The number of anilines is 2. The maximum atomic E-state index is 7.45. The molecule has 3 nitrogen and oxygen atoms in total. The zero-order valence-corrected chi connectivity index (χ0v) is 47.5. The van der Waals surface area contributed by atoms with Crippen molar-refractivity contribution >= 4 is 125 Å². The van der Waals surface area contributed by atoms with Crippen LogP contribution in [0.5, 0.6) is 0 Å². The molecular formula is C68H67BN2OS2. The van der Waals surface area contributed by atoms with E-state index in [9.17, 15) is 0 Å². The molecule has 0 N–H and O–H groups in total. The number of hydrogen-bond acceptors (Lipinski definition) is 4. The van der Waals surface area contributed by atoms with Crippen LogP contribution in [0, 0.1) is 0 Å². The Balaban J connectivity index is 1.17. The lowest BCUT2D eigenvalue weighted by molar-refractivity contribution is 0.332. The second-order valence-corrected chi connectivity index (χ2v) is 30.0. The summed E-state index contributed by atoms with van der Waals surface area (Å²) in [6.07, 6.45) is 4.72. The summed E-state index contributed by atoms with van der Waals surface area (Å²) >= 11 is 4.00. The van der Waals surface area contributed by atoms with E-state index in [4.69, 9.17) is 4.42 Å². The molecule has 4 aromatic heterocycles. The normalized spacial score (nSPS) is 18.3. The number of aromatic nitrogens is 1. The molecule has 0 spiro atoms. The molecule has 0 unspecified atom stereocenters. The van der Waals surface area contributed by atoms with Gasteiger partial charge < -0.3 is 13.8 Å². The second kappa shape index (κ2) is 14.2. The summed E-state index contributed by atoms with van der Waals surface area (Å²) in [6.45, 7) is 33.7. The molecule has 0 amide bonds. The van der Waals surface area contributed by atoms with Crippen LogP contribution in [0.3, 0.4) is 0 Å². The molecule has 4 aliphatic rings. The first kappa shape index (κ1) is 45.6. The molecule has 0 saturated carbocycles. The van der Waals surface area contributed by atoms with Crippen molar-refractivity contribution in [3.05, 3.63) is 137 Å². The number of nitrogens with zero attached hydrogens (tertiary/aromatic N) is 2. The number of thiophene rings is 2. The molecule has 11 aromatic rings. The summed E-state index contributed by atoms with van der Waals surface area (Å²) in [4.78, 5) is 2.78. The van der Waals surface area contributed by atoms with Crippen molar-refractivity contribution < 1.29 is 4.42 Å². The molecule has 6 heterocycles. The van der Waals surface area contributed by atoms with Gasteiger partial charge in [0, 0.05) is 68.1 Å². The van der Waals surface area contributed by atoms with Gasteiger partial charge in [-0.1, -0.05) is 133 Å². The van der Waals surface area contributed by atoms with E-state index >= 15 is 0 Å². The van der Waals surface area contributed by atoms with Gasteiger partial charge in [-0.25, -0.2) is 0 Å². The maximum absolute atomic E-state index is 7.45. The average molecular weight is 1000 g/mol. The standard InChI is InChI=1S/C68H67BN2OS2/c1-63(2,3)36-19-22-38(23-20-36)71-50-32-41-40-30-45-48(68(13,14)28-26-65(45,7)8)35-54(40)73-53(41)33-43(50)55-56-39-17-15-16-18-51(39)72-61(56)57-42-31-46-47(67(11,12)27-25-66(46,9)10)34-49(42)70-59-44-29-37(64(4,5)6)21-24-52(44)74-62(59)69(71)58(55)60(57)70/h15-24,29-35H,25-28H2,1-14H3. The third-order valence-electron chi connectivity index (χ3n) is 19.2. The van der Waals surface area contributed by atoms with Crippen molar-refractivity contribution in [1.29, 1.82) is 0 Å². The van der Waals surface area contributed by atoms with Crippen molar-refractivity contribution in [2.24, 2.45) is 0 Å². The minimum atomic E-state index is -0.113. The molecule has 0 fully saturated rings. The van der Waals surface area contributed by atoms with Crippen LogP contribution in [0.1, 0.15) is 156 Å². The van der Waals surface area contributed by atoms with Gasteiger partial charge in [0.25, 0.3) is 0 Å². The van der Waals surface area contributed by atoms with Crippen LogP contribution in [0.4, 0.5) is 11.4 Å². The van der Waals surface area contributed by atoms with E-state index in [-0.39, 0.29) is 39.3 Å². The molecule has 2 aliphatic heterocycles. The molecule has 0 saturated heterocycles. The van der Waals surface area contributed by atoms with E-state index in [1.807, 2.05) is 22.7 Å². The highest BCUT2D eigenvalue weighted by Crippen LogP contribution is 2.57. The molecule has 2 aliphatic carbocycles. The maximum Gasteiger partial charge on any atom is 0.343 e. The lowest BCUT2D eigenvalue weighted by Gasteiger charge is -2.42. The van der Waals surface area contributed by atoms with E-state index in [0.29, 0.717) is 0 Å². The Morgan fingerprint density at radius 2 is 1.11 bits per heavy atom. The van der Waals surface area contributed by atoms with Crippen LogP contribution < -0.4 is 15.1 Å². The minimum Gasteiger partial charge on any atom is -0.455 e. The summed E-state index contributed by atoms with van der Waals surface area (Å²) in [5.41, 5.74) is 21.4. The van der Waals surface area contributed by atoms with Gasteiger partial charge in [-0.3, -0.25) is 0 Å². The molecule has 74 heavy (non-hydrogen) atoms. The highest BCUT2D eigenvalue weighted by atomic mass is 32.1. The fourth-order valence-electron chi connectivity index (χ4n) is 14.5. The smallest absolute Gasteiger partial charge is 0.343 e. The first-order valence-electron chi connectivity index (χ1n) is 27.4. The van der Waals surface area contributed by atoms with Crippen molar-refractivity contribution in [2.75, 3.05) is 4.81 Å². The van der Waals surface area contributed by atoms with Crippen molar-refractivity contribution in [2.45, 2.75) is 155 Å². The van der Waals surface area contributed by atoms with Crippen molar-refractivity contribution in [3.8, 4) is 16.8 Å². The zero-order valence-electron chi connectivity index (χ0n) is 45.8. The number of para-hydroxylation sites is 1. The highest BCUT2D eigenvalue weighted by molar-refractivity contribution is 7.32. The van der Waals surface area contributed by atoms with Gasteiger partial charge in [-0.05, 0) is 169 Å². The molecule has 0 atom stereocenters. The number of rotatable bonds is 1. The molecule has 370 valence electrons. The van der Waals surface area contributed by atoms with Gasteiger partial charge in [0.15, 0.2) is 0 Å². The summed E-state index contributed by atoms with van der Waals surface area (Å²) in [7, 11) is 0. The molecular weight excluding hydrogens is 936 g/mol. The summed E-state index contributed by atoms with van der Waals surface area (Å²) in [5, 5.41) is 9.06. The Morgan fingerprint density at radius 1 is 0.527 bits per heavy atom. The van der Waals surface area contributed by atoms with E-state index in [1.165, 1.54) is 147 Å². The largest absolute Gasteiger partial charge is 0.455 e. The molecule has 15 rings (SSSR count). The van der Waals surface area contributed by atoms with Gasteiger partial charge in [0.2, 0.25) is 0 Å². The minimum absolute atomic E-state index is 0.0184. The molecule has 0 bridgehead atoms. The van der Waals surface area contributed by atoms with Crippen molar-refractivity contribution in [1.82, 2.24) is 4.57 Å². The number of benzene rings is 7. The van der Waals surface area contributed by atoms with E-state index in [2.05, 4.69) is 209 Å². The molecule has 0 radical (unpaired) electrons. The Hall–Kier alpha value is -5.82. The monoisotopic (exact) mass is 1000 g/mol. The Bertz CT molecular complexity index is 4340. The number of fused-ring (bicyclic) bond motifs is 20. The van der Waals surface area contributed by atoms with Crippen molar-refractivity contribution in [3.63, 3.8) is 0 Å².